The fraction of sp³-hybridized carbons (Fsp3) is 0.333. The fourth-order valence-corrected chi connectivity index (χ4v) is 2.65. The van der Waals surface area contributed by atoms with Crippen LogP contribution in [0.5, 0.6) is 0 Å². The molecular weight excluding hydrogens is 361 g/mol. The van der Waals surface area contributed by atoms with Crippen molar-refractivity contribution in [3.05, 3.63) is 53.8 Å². The zero-order valence-electron chi connectivity index (χ0n) is 14.7. The number of hydrogen-bond acceptors (Lipinski definition) is 5. The van der Waals surface area contributed by atoms with Crippen LogP contribution in [0.4, 0.5) is 13.2 Å². The molecule has 0 aliphatic heterocycles. The maximum atomic E-state index is 13.6. The molecule has 0 N–H and O–H groups in total. The summed E-state index contributed by atoms with van der Waals surface area (Å²) in [5.74, 6) is -1.64. The molecule has 142 valence electrons. The monoisotopic (exact) mass is 378 g/mol. The molecule has 1 aromatic heterocycles. The van der Waals surface area contributed by atoms with Crippen LogP contribution in [0.3, 0.4) is 0 Å². The minimum absolute atomic E-state index is 0.114. The Hall–Kier alpha value is -2.97. The first kappa shape index (κ1) is 18.8. The van der Waals surface area contributed by atoms with Crippen molar-refractivity contribution in [1.82, 2.24) is 19.7 Å². The Morgan fingerprint density at radius 3 is 2.48 bits per heavy atom. The summed E-state index contributed by atoms with van der Waals surface area (Å²) in [6, 6.07) is 3.24. The van der Waals surface area contributed by atoms with Gasteiger partial charge in [0.2, 0.25) is 0 Å². The van der Waals surface area contributed by atoms with Crippen LogP contribution in [-0.4, -0.2) is 45.3 Å². The van der Waals surface area contributed by atoms with Crippen molar-refractivity contribution >= 4 is 11.6 Å². The minimum Gasteiger partial charge on any atom is -0.383 e. The van der Waals surface area contributed by atoms with Crippen LogP contribution in [0, 0.1) is 5.92 Å². The normalized spacial score (nSPS) is 14.9. The smallest absolute Gasteiger partial charge is 0.383 e. The molecule has 1 heterocycles. The van der Waals surface area contributed by atoms with Crippen molar-refractivity contribution in [1.29, 1.82) is 0 Å². The molecule has 1 fully saturated rings. The largest absolute Gasteiger partial charge is 0.417 e. The first-order valence-corrected chi connectivity index (χ1v) is 8.22. The van der Waals surface area contributed by atoms with Gasteiger partial charge in [-0.15, -0.1) is 0 Å². The number of carbonyl (C=O) groups is 2. The average Bonchev–Trinajstić information content (AvgIpc) is 3.31. The summed E-state index contributed by atoms with van der Waals surface area (Å²) in [5, 5.41) is 3.80. The highest BCUT2D eigenvalue weighted by atomic mass is 19.4. The molecule has 2 aromatic rings. The number of benzene rings is 1. The van der Waals surface area contributed by atoms with Crippen molar-refractivity contribution in [2.45, 2.75) is 19.0 Å². The molecule has 1 aliphatic carbocycles. The number of hydrogen-bond donors (Lipinski definition) is 0. The van der Waals surface area contributed by atoms with Crippen molar-refractivity contribution in [3.8, 4) is 5.69 Å². The van der Waals surface area contributed by atoms with Gasteiger partial charge >= 0.3 is 6.18 Å². The van der Waals surface area contributed by atoms with Gasteiger partial charge in [0.15, 0.2) is 11.6 Å². The Kier molecular flexibility index (Phi) is 4.86. The van der Waals surface area contributed by atoms with Crippen LogP contribution in [0.15, 0.2) is 42.6 Å². The molecule has 9 heteroatoms. The van der Waals surface area contributed by atoms with Gasteiger partial charge in [-0.05, 0) is 31.0 Å². The van der Waals surface area contributed by atoms with Crippen LogP contribution in [-0.2, 0) is 11.0 Å². The molecule has 0 amide bonds. The number of nitrogens with zero attached hydrogens (tertiary/aromatic N) is 4. The molecular formula is C18H17F3N4O2. The standard InChI is InChI=1S/C18H17F3N4O2/c1-24(2)8-14(16(26)11-3-4-11)17(27)13-6-5-12(25-10-22-9-23-25)7-15(13)18(19,20)21/h5-11H,3-4H2,1-2H3/b14-8+. The predicted molar refractivity (Wildman–Crippen MR) is 90.2 cm³/mol. The van der Waals surface area contributed by atoms with Crippen LogP contribution >= 0.6 is 0 Å². The highest BCUT2D eigenvalue weighted by Gasteiger charge is 2.39. The molecule has 6 nitrogen and oxygen atoms in total. The second kappa shape index (κ2) is 6.98. The molecule has 0 spiro atoms. The molecule has 3 rings (SSSR count). The molecule has 0 bridgehead atoms. The van der Waals surface area contributed by atoms with E-state index in [4.69, 9.17) is 0 Å². The van der Waals surface area contributed by atoms with Gasteiger partial charge in [0.25, 0.3) is 0 Å². The Morgan fingerprint density at radius 2 is 1.96 bits per heavy atom. The van der Waals surface area contributed by atoms with Crippen LogP contribution in [0.2, 0.25) is 0 Å². The SMILES string of the molecule is CN(C)/C=C(/C(=O)c1ccc(-n2cncn2)cc1C(F)(F)F)C(=O)C1CC1. The number of carbonyl (C=O) groups excluding carboxylic acids is 2. The third-order valence-electron chi connectivity index (χ3n) is 4.08. The van der Waals surface area contributed by atoms with E-state index >= 15 is 0 Å². The molecule has 0 atom stereocenters. The number of allylic oxidation sites excluding steroid dienone is 1. The summed E-state index contributed by atoms with van der Waals surface area (Å²) >= 11 is 0. The summed E-state index contributed by atoms with van der Waals surface area (Å²) in [7, 11) is 3.21. The second-order valence-corrected chi connectivity index (χ2v) is 6.54. The van der Waals surface area contributed by atoms with Crippen LogP contribution in [0.25, 0.3) is 5.69 Å². The molecule has 0 radical (unpaired) electrons. The van der Waals surface area contributed by atoms with Gasteiger partial charge in [-0.2, -0.15) is 18.3 Å². The van der Waals surface area contributed by atoms with Crippen molar-refractivity contribution in [2.24, 2.45) is 5.92 Å². The Balaban J connectivity index is 2.08. The molecule has 1 aromatic carbocycles. The van der Waals surface area contributed by atoms with Gasteiger partial charge in [-0.25, -0.2) is 9.67 Å². The summed E-state index contributed by atoms with van der Waals surface area (Å²) < 4.78 is 42.0. The maximum Gasteiger partial charge on any atom is 0.417 e. The predicted octanol–water partition coefficient (Wildman–Crippen LogP) is 2.89. The lowest BCUT2D eigenvalue weighted by Gasteiger charge is -2.16. The van der Waals surface area contributed by atoms with E-state index in [9.17, 15) is 22.8 Å². The van der Waals surface area contributed by atoms with Crippen LogP contribution < -0.4 is 0 Å². The summed E-state index contributed by atoms with van der Waals surface area (Å²) in [5.41, 5.74) is -1.80. The van der Waals surface area contributed by atoms with Crippen molar-refractivity contribution in [3.63, 3.8) is 0 Å². The zero-order valence-corrected chi connectivity index (χ0v) is 14.7. The number of Topliss-reactive ketones (excluding diaryl/α,β-unsaturated/α-hetero) is 2. The van der Waals surface area contributed by atoms with Gasteiger partial charge in [0, 0.05) is 31.8 Å². The lowest BCUT2D eigenvalue weighted by atomic mass is 9.94. The van der Waals surface area contributed by atoms with E-state index in [1.54, 1.807) is 14.1 Å². The second-order valence-electron chi connectivity index (χ2n) is 6.54. The number of aromatic nitrogens is 3. The van der Waals surface area contributed by atoms with E-state index in [2.05, 4.69) is 10.1 Å². The fourth-order valence-electron chi connectivity index (χ4n) is 2.65. The Morgan fingerprint density at radius 1 is 1.26 bits per heavy atom. The van der Waals surface area contributed by atoms with Crippen LogP contribution in [0.1, 0.15) is 28.8 Å². The van der Waals surface area contributed by atoms with E-state index in [0.717, 1.165) is 16.8 Å². The topological polar surface area (TPSA) is 68.1 Å². The number of rotatable bonds is 6. The van der Waals surface area contributed by atoms with E-state index in [1.807, 2.05) is 0 Å². The Labute approximate surface area is 153 Å². The number of halogens is 3. The Bertz CT molecular complexity index is 898. The molecule has 0 saturated heterocycles. The van der Waals surface area contributed by atoms with Gasteiger partial charge in [-0.3, -0.25) is 9.59 Å². The highest BCUT2D eigenvalue weighted by molar-refractivity contribution is 6.27. The van der Waals surface area contributed by atoms with Gasteiger partial charge in [0.1, 0.15) is 12.7 Å². The van der Waals surface area contributed by atoms with E-state index < -0.39 is 28.9 Å². The first-order valence-electron chi connectivity index (χ1n) is 8.22. The molecule has 0 unspecified atom stereocenters. The van der Waals surface area contributed by atoms with E-state index in [1.165, 1.54) is 29.8 Å². The van der Waals surface area contributed by atoms with Gasteiger partial charge in [0.05, 0.1) is 16.8 Å². The molecule has 27 heavy (non-hydrogen) atoms. The third kappa shape index (κ3) is 4.07. The van der Waals surface area contributed by atoms with Crippen molar-refractivity contribution in [2.75, 3.05) is 14.1 Å². The van der Waals surface area contributed by atoms with Gasteiger partial charge < -0.3 is 4.90 Å². The zero-order chi connectivity index (χ0) is 19.8. The quantitative estimate of drug-likeness (QED) is 0.335. The summed E-state index contributed by atoms with van der Waals surface area (Å²) in [4.78, 5) is 30.5. The maximum absolute atomic E-state index is 13.6. The van der Waals surface area contributed by atoms with Crippen molar-refractivity contribution < 1.29 is 22.8 Å². The van der Waals surface area contributed by atoms with E-state index in [-0.39, 0.29) is 17.2 Å². The van der Waals surface area contributed by atoms with E-state index in [0.29, 0.717) is 12.8 Å². The summed E-state index contributed by atoms with van der Waals surface area (Å²) in [6.45, 7) is 0. The third-order valence-corrected chi connectivity index (χ3v) is 4.08. The highest BCUT2D eigenvalue weighted by Crippen LogP contribution is 2.37. The molecule has 1 saturated carbocycles. The van der Waals surface area contributed by atoms with Gasteiger partial charge in [-0.1, -0.05) is 0 Å². The summed E-state index contributed by atoms with van der Waals surface area (Å²) in [6.07, 6.45) is 0.258. The lowest BCUT2D eigenvalue weighted by Crippen LogP contribution is -2.22. The molecule has 1 aliphatic rings. The lowest BCUT2D eigenvalue weighted by molar-refractivity contribution is -0.138. The minimum atomic E-state index is -4.77. The number of ketones is 2. The average molecular weight is 378 g/mol. The first-order chi connectivity index (χ1) is 12.7. The number of alkyl halides is 3.